The van der Waals surface area contributed by atoms with E-state index in [9.17, 15) is 4.79 Å². The Hall–Kier alpha value is -1.68. The molecule has 0 saturated heterocycles. The quantitative estimate of drug-likeness (QED) is 0.870. The lowest BCUT2D eigenvalue weighted by Gasteiger charge is -2.21. The average Bonchev–Trinajstić information content (AvgIpc) is 2.45. The molecule has 5 heteroatoms. The van der Waals surface area contributed by atoms with Gasteiger partial charge in [0, 0.05) is 18.0 Å². The highest BCUT2D eigenvalue weighted by Gasteiger charge is 2.18. The predicted octanol–water partition coefficient (Wildman–Crippen LogP) is 4.45. The topological polar surface area (TPSA) is 47.6 Å². The number of ether oxygens (including phenoxy) is 2. The highest BCUT2D eigenvalue weighted by molar-refractivity contribution is 6.25. The molecule has 122 valence electrons. The van der Waals surface area contributed by atoms with Crippen LogP contribution in [0.25, 0.3) is 0 Å². The van der Waals surface area contributed by atoms with Gasteiger partial charge in [-0.3, -0.25) is 0 Å². The summed E-state index contributed by atoms with van der Waals surface area (Å²) in [5.41, 5.74) is 2.94. The van der Waals surface area contributed by atoms with E-state index in [-0.39, 0.29) is 5.92 Å². The maximum Gasteiger partial charge on any atom is 0.407 e. The van der Waals surface area contributed by atoms with Gasteiger partial charge in [-0.15, -0.1) is 0 Å². The molecule has 1 aromatic rings. The first-order valence-electron chi connectivity index (χ1n) is 7.16. The van der Waals surface area contributed by atoms with E-state index in [1.54, 1.807) is 7.11 Å². The van der Waals surface area contributed by atoms with Crippen molar-refractivity contribution >= 4 is 17.7 Å². The van der Waals surface area contributed by atoms with Gasteiger partial charge in [-0.2, -0.15) is 0 Å². The second kappa shape index (κ2) is 8.08. The molecule has 0 aliphatic heterocycles. The molecular weight excluding hydrogens is 302 g/mol. The third-order valence-electron chi connectivity index (χ3n) is 3.13. The number of alkyl carbamates (subject to hydrolysis) is 1. The molecule has 0 aromatic heterocycles. The minimum Gasteiger partial charge on any atom is -0.497 e. The lowest BCUT2D eigenvalue weighted by molar-refractivity contribution is 0.0532. The Kier molecular flexibility index (Phi) is 6.75. The number of rotatable bonds is 5. The first kappa shape index (κ1) is 18.4. The van der Waals surface area contributed by atoms with Gasteiger partial charge in [-0.25, -0.2) is 4.79 Å². The first-order chi connectivity index (χ1) is 10.3. The van der Waals surface area contributed by atoms with Gasteiger partial charge in [-0.1, -0.05) is 30.7 Å². The number of halogens is 1. The molecule has 0 fully saturated rings. The SMILES string of the molecule is COc1cccc(C(C)C(=CCl)CNC(=O)OC(C)(C)C)c1. The van der Waals surface area contributed by atoms with Gasteiger partial charge in [0.2, 0.25) is 0 Å². The van der Waals surface area contributed by atoms with Gasteiger partial charge in [0.05, 0.1) is 7.11 Å². The van der Waals surface area contributed by atoms with E-state index in [0.717, 1.165) is 16.9 Å². The lowest BCUT2D eigenvalue weighted by atomic mass is 9.94. The normalized spacial score (nSPS) is 13.5. The number of benzene rings is 1. The molecule has 0 saturated carbocycles. The molecule has 1 unspecified atom stereocenters. The number of nitrogens with one attached hydrogen (secondary N) is 1. The third kappa shape index (κ3) is 5.98. The van der Waals surface area contributed by atoms with Gasteiger partial charge in [0.25, 0.3) is 0 Å². The summed E-state index contributed by atoms with van der Waals surface area (Å²) in [7, 11) is 1.63. The number of hydrogen-bond donors (Lipinski definition) is 1. The largest absolute Gasteiger partial charge is 0.497 e. The second-order valence-corrected chi connectivity index (χ2v) is 6.26. The highest BCUT2D eigenvalue weighted by atomic mass is 35.5. The standard InChI is InChI=1S/C17H24ClNO3/c1-12(13-7-6-8-15(9-13)21-5)14(10-18)11-19-16(20)22-17(2,3)4/h6-10,12H,11H2,1-5H3,(H,19,20). The molecule has 1 amide bonds. The summed E-state index contributed by atoms with van der Waals surface area (Å²) in [6.45, 7) is 7.83. The van der Waals surface area contributed by atoms with E-state index in [0.29, 0.717) is 6.54 Å². The van der Waals surface area contributed by atoms with Crippen LogP contribution >= 0.6 is 11.6 Å². The maximum atomic E-state index is 11.7. The summed E-state index contributed by atoms with van der Waals surface area (Å²) in [5.74, 6) is 0.848. The monoisotopic (exact) mass is 325 g/mol. The van der Waals surface area contributed by atoms with Crippen molar-refractivity contribution in [3.05, 3.63) is 40.9 Å². The zero-order chi connectivity index (χ0) is 16.8. The third-order valence-corrected chi connectivity index (χ3v) is 3.41. The minimum absolute atomic E-state index is 0.0579. The number of methoxy groups -OCH3 is 1. The molecule has 1 N–H and O–H groups in total. The molecular formula is C17H24ClNO3. The summed E-state index contributed by atoms with van der Waals surface area (Å²) in [6, 6.07) is 7.77. The van der Waals surface area contributed by atoms with Gasteiger partial charge in [-0.05, 0) is 44.0 Å². The molecule has 0 bridgehead atoms. The zero-order valence-corrected chi connectivity index (χ0v) is 14.5. The van der Waals surface area contributed by atoms with E-state index in [4.69, 9.17) is 21.1 Å². The van der Waals surface area contributed by atoms with E-state index >= 15 is 0 Å². The summed E-state index contributed by atoms with van der Waals surface area (Å²) in [5, 5.41) is 2.72. The van der Waals surface area contributed by atoms with E-state index in [1.165, 1.54) is 5.54 Å². The Labute approximate surface area is 137 Å². The Morgan fingerprint density at radius 1 is 1.41 bits per heavy atom. The van der Waals surface area contributed by atoms with Crippen molar-refractivity contribution in [3.63, 3.8) is 0 Å². The van der Waals surface area contributed by atoms with Crippen molar-refractivity contribution < 1.29 is 14.3 Å². The predicted molar refractivity (Wildman–Crippen MR) is 89.6 cm³/mol. The van der Waals surface area contributed by atoms with Gasteiger partial charge in [0.15, 0.2) is 0 Å². The summed E-state index contributed by atoms with van der Waals surface area (Å²) in [4.78, 5) is 11.7. The van der Waals surface area contributed by atoms with E-state index < -0.39 is 11.7 Å². The van der Waals surface area contributed by atoms with Crippen molar-refractivity contribution in [2.24, 2.45) is 0 Å². The van der Waals surface area contributed by atoms with Crippen molar-refractivity contribution in [1.29, 1.82) is 0 Å². The molecule has 1 atom stereocenters. The minimum atomic E-state index is -0.520. The fourth-order valence-corrected chi connectivity index (χ4v) is 2.17. The van der Waals surface area contributed by atoms with Crippen molar-refractivity contribution in [3.8, 4) is 5.75 Å². The molecule has 4 nitrogen and oxygen atoms in total. The Morgan fingerprint density at radius 3 is 2.64 bits per heavy atom. The van der Waals surface area contributed by atoms with Crippen LogP contribution in [0, 0.1) is 0 Å². The molecule has 0 aliphatic carbocycles. The molecule has 0 spiro atoms. The molecule has 0 aliphatic rings. The van der Waals surface area contributed by atoms with Gasteiger partial charge in [0.1, 0.15) is 11.4 Å². The van der Waals surface area contributed by atoms with Crippen LogP contribution in [0.2, 0.25) is 0 Å². The van der Waals surface area contributed by atoms with Crippen LogP contribution in [0.4, 0.5) is 4.79 Å². The summed E-state index contributed by atoms with van der Waals surface area (Å²) in [6.07, 6.45) is -0.457. The van der Waals surface area contributed by atoms with Crippen LogP contribution in [0.3, 0.4) is 0 Å². The fraction of sp³-hybridized carbons (Fsp3) is 0.471. The number of hydrogen-bond acceptors (Lipinski definition) is 3. The highest BCUT2D eigenvalue weighted by Crippen LogP contribution is 2.27. The van der Waals surface area contributed by atoms with E-state index in [2.05, 4.69) is 5.32 Å². The summed E-state index contributed by atoms with van der Waals surface area (Å²) < 4.78 is 10.4. The zero-order valence-electron chi connectivity index (χ0n) is 13.8. The number of amides is 1. The fourth-order valence-electron chi connectivity index (χ4n) is 1.90. The first-order valence-corrected chi connectivity index (χ1v) is 7.60. The van der Waals surface area contributed by atoms with Gasteiger partial charge < -0.3 is 14.8 Å². The van der Waals surface area contributed by atoms with Crippen molar-refractivity contribution in [1.82, 2.24) is 5.32 Å². The average molecular weight is 326 g/mol. The Morgan fingerprint density at radius 2 is 2.09 bits per heavy atom. The van der Waals surface area contributed by atoms with Crippen LogP contribution in [0.1, 0.15) is 39.2 Å². The Bertz CT molecular complexity index is 535. The van der Waals surface area contributed by atoms with Gasteiger partial charge >= 0.3 is 6.09 Å². The van der Waals surface area contributed by atoms with Crippen molar-refractivity contribution in [2.45, 2.75) is 39.2 Å². The maximum absolute atomic E-state index is 11.7. The van der Waals surface area contributed by atoms with Crippen LogP contribution in [0.15, 0.2) is 35.4 Å². The van der Waals surface area contributed by atoms with Crippen LogP contribution < -0.4 is 10.1 Å². The Balaban J connectivity index is 2.69. The smallest absolute Gasteiger partial charge is 0.407 e. The lowest BCUT2D eigenvalue weighted by Crippen LogP contribution is -2.34. The van der Waals surface area contributed by atoms with Crippen molar-refractivity contribution in [2.75, 3.05) is 13.7 Å². The molecule has 1 aromatic carbocycles. The molecule has 22 heavy (non-hydrogen) atoms. The number of carbonyl (C=O) groups excluding carboxylic acids is 1. The van der Waals surface area contributed by atoms with Crippen LogP contribution in [-0.2, 0) is 4.74 Å². The second-order valence-electron chi connectivity index (χ2n) is 6.04. The van der Waals surface area contributed by atoms with Crippen LogP contribution in [-0.4, -0.2) is 25.3 Å². The molecule has 1 rings (SSSR count). The van der Waals surface area contributed by atoms with E-state index in [1.807, 2.05) is 52.0 Å². The van der Waals surface area contributed by atoms with Crippen LogP contribution in [0.5, 0.6) is 5.75 Å². The molecule has 0 heterocycles. The molecule has 0 radical (unpaired) electrons. The summed E-state index contributed by atoms with van der Waals surface area (Å²) >= 11 is 5.92. The number of carbonyl (C=O) groups is 1.